The number of hydrogen-bond acceptors (Lipinski definition) is 0. The Kier molecular flexibility index (Phi) is 4.91. The molecule has 0 N–H and O–H groups in total. The van der Waals surface area contributed by atoms with E-state index in [0.29, 0.717) is 6.04 Å². The van der Waals surface area contributed by atoms with Crippen LogP contribution in [0.15, 0.2) is 12.2 Å². The summed E-state index contributed by atoms with van der Waals surface area (Å²) in [5.74, 6) is 0. The first-order chi connectivity index (χ1) is 4.72. The van der Waals surface area contributed by atoms with Crippen molar-refractivity contribution in [3.8, 4) is 0 Å². The quantitative estimate of drug-likeness (QED) is 0.417. The summed E-state index contributed by atoms with van der Waals surface area (Å²) in [6, 6.07) is 0.612. The van der Waals surface area contributed by atoms with Gasteiger partial charge in [0, 0.05) is 0 Å². The zero-order chi connectivity index (χ0) is 7.98. The Balaban J connectivity index is 4.04. The topological polar surface area (TPSA) is 3.01 Å². The van der Waals surface area contributed by atoms with E-state index in [-0.39, 0.29) is 0 Å². The second kappa shape index (κ2) is 5.21. The van der Waals surface area contributed by atoms with Crippen LogP contribution in [0.5, 0.6) is 0 Å². The second-order valence-corrected chi connectivity index (χ2v) is 2.60. The minimum Gasteiger partial charge on any atom is -0.234 e. The third-order valence-electron chi connectivity index (χ3n) is 1.50. The van der Waals surface area contributed by atoms with Gasteiger partial charge in [0.15, 0.2) is 6.21 Å². The van der Waals surface area contributed by atoms with Crippen molar-refractivity contribution in [2.45, 2.75) is 33.7 Å². The number of nitrogens with zero attached hydrogens (tertiary/aromatic N) is 1. The van der Waals surface area contributed by atoms with Crippen LogP contribution < -0.4 is 0 Å². The van der Waals surface area contributed by atoms with Gasteiger partial charge in [0.05, 0.1) is 0 Å². The van der Waals surface area contributed by atoms with Gasteiger partial charge in [0.25, 0.3) is 0 Å². The van der Waals surface area contributed by atoms with E-state index >= 15 is 0 Å². The minimum absolute atomic E-state index is 0.612. The number of rotatable bonds is 3. The molecule has 10 heavy (non-hydrogen) atoms. The van der Waals surface area contributed by atoms with E-state index in [1.165, 1.54) is 0 Å². The molecule has 0 aromatic rings. The van der Waals surface area contributed by atoms with Crippen LogP contribution in [0.4, 0.5) is 0 Å². The SMILES string of the molecule is C/C=C/C=[N+](CC)C(C)C. The fourth-order valence-corrected chi connectivity index (χ4v) is 0.839. The summed E-state index contributed by atoms with van der Waals surface area (Å²) in [5.41, 5.74) is 0. The van der Waals surface area contributed by atoms with Gasteiger partial charge in [-0.05, 0) is 33.8 Å². The summed E-state index contributed by atoms with van der Waals surface area (Å²) in [5, 5.41) is 0. The van der Waals surface area contributed by atoms with E-state index < -0.39 is 0 Å². The van der Waals surface area contributed by atoms with Crippen LogP contribution >= 0.6 is 0 Å². The summed E-state index contributed by atoms with van der Waals surface area (Å²) in [4.78, 5) is 0. The fourth-order valence-electron chi connectivity index (χ4n) is 0.839. The number of hydrogen-bond donors (Lipinski definition) is 0. The van der Waals surface area contributed by atoms with Crippen molar-refractivity contribution in [2.24, 2.45) is 0 Å². The fraction of sp³-hybridized carbons (Fsp3) is 0.667. The molecule has 0 fully saturated rings. The van der Waals surface area contributed by atoms with Gasteiger partial charge in [0.1, 0.15) is 12.6 Å². The molecule has 0 saturated carbocycles. The predicted molar refractivity (Wildman–Crippen MR) is 46.8 cm³/mol. The maximum Gasteiger partial charge on any atom is 0.163 e. The van der Waals surface area contributed by atoms with Crippen LogP contribution in [0.2, 0.25) is 0 Å². The molecular formula is C9H18N+. The Labute approximate surface area is 64.1 Å². The Morgan fingerprint density at radius 2 is 2.00 bits per heavy atom. The molecule has 0 amide bonds. The third-order valence-corrected chi connectivity index (χ3v) is 1.50. The molecule has 0 rings (SSSR count). The van der Waals surface area contributed by atoms with Gasteiger partial charge in [-0.1, -0.05) is 6.08 Å². The molecule has 1 heteroatoms. The molecule has 0 heterocycles. The summed E-state index contributed by atoms with van der Waals surface area (Å²) in [6.07, 6.45) is 6.25. The maximum atomic E-state index is 2.29. The Morgan fingerprint density at radius 3 is 2.30 bits per heavy atom. The smallest absolute Gasteiger partial charge is 0.163 e. The lowest BCUT2D eigenvalue weighted by Crippen LogP contribution is -2.20. The van der Waals surface area contributed by atoms with Crippen molar-refractivity contribution in [1.82, 2.24) is 0 Å². The van der Waals surface area contributed by atoms with Crippen LogP contribution in [0.25, 0.3) is 0 Å². The van der Waals surface area contributed by atoms with Gasteiger partial charge in [-0.15, -0.1) is 0 Å². The standard InChI is InChI=1S/C9H18N/c1-5-7-8-10(6-2)9(3)4/h5,7-9H,6H2,1-4H3/q+1/b7-5+,10-8?. The summed E-state index contributed by atoms with van der Waals surface area (Å²) < 4.78 is 2.29. The van der Waals surface area contributed by atoms with Crippen molar-refractivity contribution in [1.29, 1.82) is 0 Å². The lowest BCUT2D eigenvalue weighted by molar-refractivity contribution is -0.550. The van der Waals surface area contributed by atoms with Crippen molar-refractivity contribution in [3.05, 3.63) is 12.2 Å². The Morgan fingerprint density at radius 1 is 1.40 bits per heavy atom. The molecule has 0 aromatic carbocycles. The zero-order valence-electron chi connectivity index (χ0n) is 7.46. The van der Waals surface area contributed by atoms with Crippen molar-refractivity contribution < 1.29 is 4.58 Å². The lowest BCUT2D eigenvalue weighted by Gasteiger charge is -2.01. The van der Waals surface area contributed by atoms with Gasteiger partial charge in [-0.2, -0.15) is 0 Å². The second-order valence-electron chi connectivity index (χ2n) is 2.60. The van der Waals surface area contributed by atoms with Crippen molar-refractivity contribution in [2.75, 3.05) is 6.54 Å². The molecule has 58 valence electrons. The van der Waals surface area contributed by atoms with Gasteiger partial charge in [0.2, 0.25) is 0 Å². The summed E-state index contributed by atoms with van der Waals surface area (Å²) >= 11 is 0. The average Bonchev–Trinajstić information content (AvgIpc) is 1.89. The highest BCUT2D eigenvalue weighted by Crippen LogP contribution is 1.86. The highest BCUT2D eigenvalue weighted by atomic mass is 15.0. The first-order valence-corrected chi connectivity index (χ1v) is 3.94. The molecule has 0 radical (unpaired) electrons. The van der Waals surface area contributed by atoms with E-state index in [1.807, 2.05) is 13.0 Å². The Hall–Kier alpha value is -0.590. The van der Waals surface area contributed by atoms with Crippen LogP contribution in [0, 0.1) is 0 Å². The van der Waals surface area contributed by atoms with E-state index in [4.69, 9.17) is 0 Å². The average molecular weight is 140 g/mol. The van der Waals surface area contributed by atoms with E-state index in [9.17, 15) is 0 Å². The molecule has 0 saturated heterocycles. The van der Waals surface area contributed by atoms with Crippen molar-refractivity contribution >= 4 is 6.21 Å². The number of allylic oxidation sites excluding steroid dienone is 2. The normalized spacial score (nSPS) is 13.5. The van der Waals surface area contributed by atoms with Crippen LogP contribution in [0.3, 0.4) is 0 Å². The lowest BCUT2D eigenvalue weighted by atomic mass is 10.3. The largest absolute Gasteiger partial charge is 0.234 e. The highest BCUT2D eigenvalue weighted by Gasteiger charge is 2.02. The Bertz CT molecular complexity index is 132. The van der Waals surface area contributed by atoms with Crippen molar-refractivity contribution in [3.63, 3.8) is 0 Å². The highest BCUT2D eigenvalue weighted by molar-refractivity contribution is 5.65. The molecule has 0 atom stereocenters. The first-order valence-electron chi connectivity index (χ1n) is 3.94. The molecule has 1 nitrogen and oxygen atoms in total. The molecule has 0 bridgehead atoms. The monoisotopic (exact) mass is 140 g/mol. The van der Waals surface area contributed by atoms with E-state index in [1.54, 1.807) is 0 Å². The summed E-state index contributed by atoms with van der Waals surface area (Å²) in [7, 11) is 0. The van der Waals surface area contributed by atoms with Crippen LogP contribution in [0.1, 0.15) is 27.7 Å². The molecule has 0 aliphatic heterocycles. The van der Waals surface area contributed by atoms with Gasteiger partial charge >= 0.3 is 0 Å². The zero-order valence-corrected chi connectivity index (χ0v) is 7.46. The summed E-state index contributed by atoms with van der Waals surface area (Å²) in [6.45, 7) is 9.68. The predicted octanol–water partition coefficient (Wildman–Crippen LogP) is 2.07. The van der Waals surface area contributed by atoms with Gasteiger partial charge < -0.3 is 0 Å². The minimum atomic E-state index is 0.612. The molecular weight excluding hydrogens is 122 g/mol. The first kappa shape index (κ1) is 9.41. The van der Waals surface area contributed by atoms with Gasteiger partial charge in [-0.25, -0.2) is 4.58 Å². The third kappa shape index (κ3) is 3.44. The van der Waals surface area contributed by atoms with E-state index in [2.05, 4.69) is 37.6 Å². The molecule has 0 spiro atoms. The molecule has 0 aromatic heterocycles. The van der Waals surface area contributed by atoms with Crippen LogP contribution in [-0.4, -0.2) is 23.4 Å². The maximum absolute atomic E-state index is 2.29. The van der Waals surface area contributed by atoms with Crippen LogP contribution in [-0.2, 0) is 0 Å². The van der Waals surface area contributed by atoms with Gasteiger partial charge in [-0.3, -0.25) is 0 Å². The molecule has 0 aliphatic carbocycles. The molecule has 0 unspecified atom stereocenters. The van der Waals surface area contributed by atoms with E-state index in [0.717, 1.165) is 6.54 Å². The molecule has 0 aliphatic rings.